The van der Waals surface area contributed by atoms with Crippen LogP contribution >= 0.6 is 11.3 Å². The zero-order valence-corrected chi connectivity index (χ0v) is 22.8. The van der Waals surface area contributed by atoms with Crippen LogP contribution in [0.3, 0.4) is 0 Å². The quantitative estimate of drug-likeness (QED) is 0.178. The Hall–Kier alpha value is -3.70. The van der Waals surface area contributed by atoms with Gasteiger partial charge in [0.05, 0.1) is 13.2 Å². The van der Waals surface area contributed by atoms with Crippen LogP contribution in [-0.2, 0) is 9.53 Å². The van der Waals surface area contributed by atoms with Crippen molar-refractivity contribution in [1.29, 1.82) is 0 Å². The number of nitrogens with zero attached hydrogens (tertiary/aromatic N) is 1. The van der Waals surface area contributed by atoms with E-state index in [1.54, 1.807) is 12.1 Å². The molecule has 0 aliphatic carbocycles. The molecule has 11 heteroatoms. The predicted octanol–water partition coefficient (Wildman–Crippen LogP) is 7.24. The molecule has 7 nitrogen and oxygen atoms in total. The Labute approximate surface area is 228 Å². The van der Waals surface area contributed by atoms with Gasteiger partial charge < -0.3 is 14.6 Å². The minimum Gasteiger partial charge on any atom is -0.486 e. The van der Waals surface area contributed by atoms with Crippen molar-refractivity contribution in [2.45, 2.75) is 45.6 Å². The smallest absolute Gasteiger partial charge is 0.331 e. The topological polar surface area (TPSA) is 97.8 Å². The Morgan fingerprint density at radius 2 is 1.85 bits per heavy atom. The van der Waals surface area contributed by atoms with Crippen LogP contribution in [-0.4, -0.2) is 36.2 Å². The first-order chi connectivity index (χ1) is 18.6. The van der Waals surface area contributed by atoms with Crippen molar-refractivity contribution >= 4 is 34.4 Å². The van der Waals surface area contributed by atoms with E-state index < -0.39 is 41.0 Å². The molecule has 208 valence electrons. The zero-order chi connectivity index (χ0) is 28.7. The summed E-state index contributed by atoms with van der Waals surface area (Å²) in [6, 6.07) is 6.46. The third-order valence-electron chi connectivity index (χ3n) is 6.03. The van der Waals surface area contributed by atoms with Crippen LogP contribution in [0.15, 0.2) is 35.9 Å². The van der Waals surface area contributed by atoms with Crippen LogP contribution in [0.1, 0.15) is 67.1 Å². The van der Waals surface area contributed by atoms with Crippen molar-refractivity contribution in [3.8, 4) is 16.3 Å². The largest absolute Gasteiger partial charge is 0.486 e. The van der Waals surface area contributed by atoms with Crippen LogP contribution in [0.4, 0.5) is 18.3 Å². The van der Waals surface area contributed by atoms with Gasteiger partial charge in [-0.05, 0) is 37.6 Å². The number of carbonyl (C=O) groups excluding carboxylic acids is 1. The average molecular weight is 563 g/mol. The SMILES string of the molecule is CCCCCC(OC)c1cccc(-c2nc(NC(=O)c3cc(F)c(/C=C(\C)C(=O)O)c(F)c3)sc2OC)c1F. The number of carbonyl (C=O) groups is 2. The molecule has 1 amide bonds. The Balaban J connectivity index is 1.90. The molecule has 0 saturated carbocycles. The number of aliphatic carboxylic acids is 1. The van der Waals surface area contributed by atoms with E-state index in [1.165, 1.54) is 27.2 Å². The van der Waals surface area contributed by atoms with Crippen LogP contribution in [0.5, 0.6) is 5.06 Å². The van der Waals surface area contributed by atoms with Crippen molar-refractivity contribution < 1.29 is 37.3 Å². The highest BCUT2D eigenvalue weighted by molar-refractivity contribution is 7.18. The maximum Gasteiger partial charge on any atom is 0.331 e. The molecule has 0 saturated heterocycles. The molecule has 0 bridgehead atoms. The van der Waals surface area contributed by atoms with Crippen LogP contribution < -0.4 is 10.1 Å². The third-order valence-corrected chi connectivity index (χ3v) is 6.96. The molecule has 2 N–H and O–H groups in total. The second-order valence-corrected chi connectivity index (χ2v) is 9.69. The van der Waals surface area contributed by atoms with Gasteiger partial charge in [-0.25, -0.2) is 22.9 Å². The number of halogens is 3. The minimum absolute atomic E-state index is 0.0226. The Kier molecular flexibility index (Phi) is 10.2. The lowest BCUT2D eigenvalue weighted by Gasteiger charge is -2.17. The van der Waals surface area contributed by atoms with Gasteiger partial charge in [0, 0.05) is 34.9 Å². The van der Waals surface area contributed by atoms with Gasteiger partial charge >= 0.3 is 5.97 Å². The number of carboxylic acid groups (broad SMARTS) is 1. The number of amides is 1. The van der Waals surface area contributed by atoms with Crippen molar-refractivity contribution in [3.63, 3.8) is 0 Å². The summed E-state index contributed by atoms with van der Waals surface area (Å²) in [5, 5.41) is 11.7. The molecule has 39 heavy (non-hydrogen) atoms. The van der Waals surface area contributed by atoms with E-state index in [0.717, 1.165) is 48.8 Å². The molecule has 1 aromatic heterocycles. The molecule has 0 aliphatic rings. The summed E-state index contributed by atoms with van der Waals surface area (Å²) in [7, 11) is 2.91. The van der Waals surface area contributed by atoms with Gasteiger partial charge in [0.1, 0.15) is 23.1 Å². The number of aromatic nitrogens is 1. The van der Waals surface area contributed by atoms with Gasteiger partial charge in [-0.3, -0.25) is 10.1 Å². The molecule has 1 atom stereocenters. The molecule has 2 aromatic carbocycles. The summed E-state index contributed by atoms with van der Waals surface area (Å²) in [5.74, 6) is -4.94. The van der Waals surface area contributed by atoms with Crippen molar-refractivity contribution in [1.82, 2.24) is 4.98 Å². The number of anilines is 1. The summed E-state index contributed by atoms with van der Waals surface area (Å²) in [6.07, 6.45) is 3.95. The number of methoxy groups -OCH3 is 2. The normalized spacial score (nSPS) is 12.3. The number of thiazole rings is 1. The van der Waals surface area contributed by atoms with Gasteiger partial charge in [0.2, 0.25) is 5.06 Å². The lowest BCUT2D eigenvalue weighted by Crippen LogP contribution is -2.13. The number of ether oxygens (including phenoxy) is 2. The van der Waals surface area contributed by atoms with E-state index >= 15 is 4.39 Å². The predicted molar refractivity (Wildman–Crippen MR) is 144 cm³/mol. The lowest BCUT2D eigenvalue weighted by atomic mass is 9.99. The molecule has 0 fully saturated rings. The highest BCUT2D eigenvalue weighted by atomic mass is 32.1. The first-order valence-electron chi connectivity index (χ1n) is 12.2. The van der Waals surface area contributed by atoms with E-state index in [4.69, 9.17) is 14.6 Å². The number of hydrogen-bond donors (Lipinski definition) is 2. The molecule has 3 rings (SSSR count). The van der Waals surface area contributed by atoms with E-state index in [9.17, 15) is 18.4 Å². The number of benzene rings is 2. The maximum atomic E-state index is 15.6. The van der Waals surface area contributed by atoms with Crippen LogP contribution in [0.2, 0.25) is 0 Å². The highest BCUT2D eigenvalue weighted by Crippen LogP contribution is 2.41. The number of carboxylic acids is 1. The zero-order valence-electron chi connectivity index (χ0n) is 21.9. The van der Waals surface area contributed by atoms with Gasteiger partial charge in [-0.1, -0.05) is 49.7 Å². The Bertz CT molecular complexity index is 1370. The summed E-state index contributed by atoms with van der Waals surface area (Å²) >= 11 is 0.921. The molecule has 1 unspecified atom stereocenters. The van der Waals surface area contributed by atoms with E-state index in [0.29, 0.717) is 12.0 Å². The molecular formula is C28H29F3N2O5S. The second-order valence-electron chi connectivity index (χ2n) is 8.73. The fourth-order valence-corrected chi connectivity index (χ4v) is 4.72. The molecule has 3 aromatic rings. The molecular weight excluding hydrogens is 533 g/mol. The van der Waals surface area contributed by atoms with Gasteiger partial charge in [0.15, 0.2) is 5.13 Å². The van der Waals surface area contributed by atoms with Gasteiger partial charge in [-0.2, -0.15) is 0 Å². The van der Waals surface area contributed by atoms with Crippen LogP contribution in [0, 0.1) is 17.5 Å². The fraction of sp³-hybridized carbons (Fsp3) is 0.321. The fourth-order valence-electron chi connectivity index (χ4n) is 3.93. The number of nitrogens with one attached hydrogen (secondary N) is 1. The summed E-state index contributed by atoms with van der Waals surface area (Å²) < 4.78 is 55.6. The Morgan fingerprint density at radius 3 is 2.44 bits per heavy atom. The maximum absolute atomic E-state index is 15.6. The van der Waals surface area contributed by atoms with E-state index in [-0.39, 0.29) is 32.6 Å². The van der Waals surface area contributed by atoms with E-state index in [2.05, 4.69) is 17.2 Å². The van der Waals surface area contributed by atoms with Crippen molar-refractivity contribution in [2.75, 3.05) is 19.5 Å². The van der Waals surface area contributed by atoms with Crippen LogP contribution in [0.25, 0.3) is 17.3 Å². The van der Waals surface area contributed by atoms with Gasteiger partial charge in [0.25, 0.3) is 5.91 Å². The second kappa shape index (κ2) is 13.4. The number of unbranched alkanes of at least 4 members (excludes halogenated alkanes) is 2. The lowest BCUT2D eigenvalue weighted by molar-refractivity contribution is -0.132. The van der Waals surface area contributed by atoms with Crippen molar-refractivity contribution in [3.05, 3.63) is 70.0 Å². The molecule has 0 aliphatic heterocycles. The van der Waals surface area contributed by atoms with Crippen molar-refractivity contribution in [2.24, 2.45) is 0 Å². The van der Waals surface area contributed by atoms with Gasteiger partial charge in [-0.15, -0.1) is 0 Å². The molecule has 0 radical (unpaired) electrons. The monoisotopic (exact) mass is 562 g/mol. The summed E-state index contributed by atoms with van der Waals surface area (Å²) in [4.78, 5) is 28.1. The Morgan fingerprint density at radius 1 is 1.15 bits per heavy atom. The highest BCUT2D eigenvalue weighted by Gasteiger charge is 2.24. The first-order valence-corrected chi connectivity index (χ1v) is 13.0. The summed E-state index contributed by atoms with van der Waals surface area (Å²) in [5.41, 5.74) is -0.521. The first kappa shape index (κ1) is 29.9. The molecule has 0 spiro atoms. The number of hydrogen-bond acceptors (Lipinski definition) is 6. The molecule has 1 heterocycles. The number of rotatable bonds is 12. The average Bonchev–Trinajstić information content (AvgIpc) is 3.31. The third kappa shape index (κ3) is 7.04. The van der Waals surface area contributed by atoms with E-state index in [1.807, 2.05) is 0 Å². The minimum atomic E-state index is -1.33. The summed E-state index contributed by atoms with van der Waals surface area (Å²) in [6.45, 7) is 3.27. The standard InChI is InChI=1S/C28H29F3N2O5S/c1-5-6-7-11-22(37-3)17-9-8-10-18(23(17)31)24-27(38-4)39-28(32-24)33-25(34)16-13-20(29)19(21(30)14-16)12-15(2)26(35)36/h8-10,12-14,22H,5-7,11H2,1-4H3,(H,35,36)(H,32,33,34)/b15-12+.